The standard InChI is InChI=1S/C19H13F3N4OS/c1-9-3-4-11(10(2)7-9)14-8-28-19-24-18(25-26(14)19)23-17(27)12-5-6-13(20)16(22)15(12)21/h3-8H,1-2H3,(H,23,25,27). The maximum Gasteiger partial charge on any atom is 0.261 e. The number of benzene rings is 2. The molecule has 0 saturated carbocycles. The molecule has 9 heteroatoms. The van der Waals surface area contributed by atoms with Crippen molar-refractivity contribution in [3.63, 3.8) is 0 Å². The first-order chi connectivity index (χ1) is 13.3. The normalized spacial score (nSPS) is 11.2. The van der Waals surface area contributed by atoms with E-state index in [2.05, 4.69) is 15.4 Å². The van der Waals surface area contributed by atoms with Crippen LogP contribution in [-0.4, -0.2) is 20.5 Å². The first-order valence-corrected chi connectivity index (χ1v) is 9.10. The minimum absolute atomic E-state index is 0.0630. The van der Waals surface area contributed by atoms with Crippen molar-refractivity contribution in [2.45, 2.75) is 13.8 Å². The van der Waals surface area contributed by atoms with Crippen LogP contribution in [0.15, 0.2) is 35.7 Å². The largest absolute Gasteiger partial charge is 0.289 e. The molecule has 5 nitrogen and oxygen atoms in total. The van der Waals surface area contributed by atoms with Crippen molar-refractivity contribution in [1.82, 2.24) is 14.6 Å². The van der Waals surface area contributed by atoms with Gasteiger partial charge in [-0.05, 0) is 31.5 Å². The van der Waals surface area contributed by atoms with Crippen molar-refractivity contribution < 1.29 is 18.0 Å². The van der Waals surface area contributed by atoms with Crippen molar-refractivity contribution in [2.24, 2.45) is 0 Å². The van der Waals surface area contributed by atoms with E-state index >= 15 is 0 Å². The number of halogens is 3. The minimum Gasteiger partial charge on any atom is -0.289 e. The Hall–Kier alpha value is -3.20. The molecule has 1 amide bonds. The summed E-state index contributed by atoms with van der Waals surface area (Å²) in [5.74, 6) is -5.67. The van der Waals surface area contributed by atoms with Gasteiger partial charge in [-0.15, -0.1) is 16.4 Å². The van der Waals surface area contributed by atoms with Gasteiger partial charge in [0.1, 0.15) is 0 Å². The predicted molar refractivity (Wildman–Crippen MR) is 100 cm³/mol. The van der Waals surface area contributed by atoms with Gasteiger partial charge in [-0.25, -0.2) is 17.7 Å². The van der Waals surface area contributed by atoms with Gasteiger partial charge in [-0.1, -0.05) is 23.8 Å². The van der Waals surface area contributed by atoms with Gasteiger partial charge in [0.15, 0.2) is 17.5 Å². The van der Waals surface area contributed by atoms with Crippen LogP contribution in [0.4, 0.5) is 19.1 Å². The maximum atomic E-state index is 13.8. The highest BCUT2D eigenvalue weighted by Crippen LogP contribution is 2.29. The average Bonchev–Trinajstić information content (AvgIpc) is 3.20. The number of aryl methyl sites for hydroxylation is 2. The van der Waals surface area contributed by atoms with Crippen LogP contribution in [0, 0.1) is 31.3 Å². The lowest BCUT2D eigenvalue weighted by atomic mass is 10.0. The Kier molecular flexibility index (Phi) is 4.38. The zero-order valence-electron chi connectivity index (χ0n) is 14.8. The van der Waals surface area contributed by atoms with Gasteiger partial charge in [0.05, 0.1) is 11.3 Å². The Labute approximate surface area is 161 Å². The number of amides is 1. The fourth-order valence-electron chi connectivity index (χ4n) is 2.89. The van der Waals surface area contributed by atoms with E-state index in [1.807, 2.05) is 37.4 Å². The number of anilines is 1. The van der Waals surface area contributed by atoms with Crippen molar-refractivity contribution in [2.75, 3.05) is 5.32 Å². The molecule has 0 bridgehead atoms. The number of carbonyl (C=O) groups excluding carboxylic acids is 1. The molecular weight excluding hydrogens is 389 g/mol. The van der Waals surface area contributed by atoms with E-state index in [-0.39, 0.29) is 5.95 Å². The first kappa shape index (κ1) is 18.2. The lowest BCUT2D eigenvalue weighted by Gasteiger charge is -2.05. The maximum absolute atomic E-state index is 13.8. The number of rotatable bonds is 3. The monoisotopic (exact) mass is 402 g/mol. The third-order valence-electron chi connectivity index (χ3n) is 4.24. The number of aromatic nitrogens is 3. The molecule has 2 aromatic heterocycles. The van der Waals surface area contributed by atoms with Crippen LogP contribution in [0.5, 0.6) is 0 Å². The van der Waals surface area contributed by atoms with Crippen molar-refractivity contribution in [3.05, 3.63) is 69.9 Å². The van der Waals surface area contributed by atoms with Gasteiger partial charge < -0.3 is 0 Å². The van der Waals surface area contributed by atoms with E-state index in [0.29, 0.717) is 11.0 Å². The number of hydrogen-bond donors (Lipinski definition) is 1. The fraction of sp³-hybridized carbons (Fsp3) is 0.105. The molecule has 0 saturated heterocycles. The summed E-state index contributed by atoms with van der Waals surface area (Å²) in [6.07, 6.45) is 0. The molecule has 142 valence electrons. The number of fused-ring (bicyclic) bond motifs is 1. The van der Waals surface area contributed by atoms with Gasteiger partial charge >= 0.3 is 0 Å². The molecule has 0 radical (unpaired) electrons. The smallest absolute Gasteiger partial charge is 0.261 e. The van der Waals surface area contributed by atoms with Crippen LogP contribution >= 0.6 is 11.3 Å². The Morgan fingerprint density at radius 1 is 1.11 bits per heavy atom. The van der Waals surface area contributed by atoms with Crippen LogP contribution in [-0.2, 0) is 0 Å². The summed E-state index contributed by atoms with van der Waals surface area (Å²) in [4.78, 5) is 16.9. The van der Waals surface area contributed by atoms with Gasteiger partial charge in [0.2, 0.25) is 4.96 Å². The summed E-state index contributed by atoms with van der Waals surface area (Å²) in [6, 6.07) is 7.55. The number of carbonyl (C=O) groups is 1. The molecule has 4 aromatic rings. The zero-order chi connectivity index (χ0) is 20.0. The highest BCUT2D eigenvalue weighted by molar-refractivity contribution is 7.15. The molecular formula is C19H13F3N4OS. The van der Waals surface area contributed by atoms with Gasteiger partial charge in [0.25, 0.3) is 11.9 Å². The molecule has 0 fully saturated rings. The lowest BCUT2D eigenvalue weighted by Crippen LogP contribution is -2.16. The second-order valence-electron chi connectivity index (χ2n) is 6.25. The van der Waals surface area contributed by atoms with Crippen molar-refractivity contribution in [3.8, 4) is 11.3 Å². The van der Waals surface area contributed by atoms with E-state index in [0.717, 1.165) is 28.5 Å². The Balaban J connectivity index is 1.67. The Bertz CT molecular complexity index is 1230. The summed E-state index contributed by atoms with van der Waals surface area (Å²) in [5, 5.41) is 8.46. The van der Waals surface area contributed by atoms with E-state index in [9.17, 15) is 18.0 Å². The number of nitrogens with one attached hydrogen (secondary N) is 1. The second kappa shape index (κ2) is 6.75. The second-order valence-corrected chi connectivity index (χ2v) is 7.08. The van der Waals surface area contributed by atoms with Crippen LogP contribution in [0.1, 0.15) is 21.5 Å². The molecule has 0 atom stereocenters. The molecule has 2 aromatic carbocycles. The molecule has 28 heavy (non-hydrogen) atoms. The molecule has 0 aliphatic carbocycles. The van der Waals surface area contributed by atoms with E-state index in [1.165, 1.54) is 11.3 Å². The van der Waals surface area contributed by atoms with Crippen molar-refractivity contribution >= 4 is 28.2 Å². The number of hydrogen-bond acceptors (Lipinski definition) is 4. The summed E-state index contributed by atoms with van der Waals surface area (Å²) in [7, 11) is 0. The van der Waals surface area contributed by atoms with Crippen molar-refractivity contribution in [1.29, 1.82) is 0 Å². The first-order valence-electron chi connectivity index (χ1n) is 8.22. The zero-order valence-corrected chi connectivity index (χ0v) is 15.6. The molecule has 0 aliphatic rings. The van der Waals surface area contributed by atoms with Gasteiger partial charge in [-0.3, -0.25) is 10.1 Å². The Morgan fingerprint density at radius 3 is 2.64 bits per heavy atom. The third kappa shape index (κ3) is 3.03. The fourth-order valence-corrected chi connectivity index (χ4v) is 3.71. The predicted octanol–water partition coefficient (Wildman–Crippen LogP) is 4.74. The van der Waals surface area contributed by atoms with Crippen LogP contribution in [0.2, 0.25) is 0 Å². The average molecular weight is 402 g/mol. The molecule has 4 rings (SSSR count). The van der Waals surface area contributed by atoms with Gasteiger partial charge in [-0.2, -0.15) is 4.98 Å². The summed E-state index contributed by atoms with van der Waals surface area (Å²) >= 11 is 1.33. The number of nitrogens with zero attached hydrogens (tertiary/aromatic N) is 3. The summed E-state index contributed by atoms with van der Waals surface area (Å²) in [5.41, 5.74) is 3.32. The van der Waals surface area contributed by atoms with Crippen LogP contribution < -0.4 is 5.32 Å². The molecule has 0 spiro atoms. The van der Waals surface area contributed by atoms with Crippen LogP contribution in [0.3, 0.4) is 0 Å². The highest BCUT2D eigenvalue weighted by atomic mass is 32.1. The third-order valence-corrected chi connectivity index (χ3v) is 5.06. The molecule has 0 unspecified atom stereocenters. The topological polar surface area (TPSA) is 59.3 Å². The summed E-state index contributed by atoms with van der Waals surface area (Å²) < 4.78 is 41.8. The minimum atomic E-state index is -1.71. The Morgan fingerprint density at radius 2 is 1.89 bits per heavy atom. The van der Waals surface area contributed by atoms with E-state index < -0.39 is 28.9 Å². The van der Waals surface area contributed by atoms with Crippen LogP contribution in [0.25, 0.3) is 16.2 Å². The molecule has 2 heterocycles. The number of thiazole rings is 1. The summed E-state index contributed by atoms with van der Waals surface area (Å²) in [6.45, 7) is 3.98. The van der Waals surface area contributed by atoms with E-state index in [1.54, 1.807) is 4.52 Å². The van der Waals surface area contributed by atoms with Gasteiger partial charge in [0, 0.05) is 10.9 Å². The SMILES string of the molecule is Cc1ccc(-c2csc3nc(NC(=O)c4ccc(F)c(F)c4F)nn23)c(C)c1. The van der Waals surface area contributed by atoms with E-state index in [4.69, 9.17) is 0 Å². The molecule has 1 N–H and O–H groups in total. The molecule has 0 aliphatic heterocycles. The lowest BCUT2D eigenvalue weighted by molar-refractivity contribution is 0.102. The highest BCUT2D eigenvalue weighted by Gasteiger charge is 2.21. The quantitative estimate of drug-likeness (QED) is 0.504.